The molecule has 0 aromatic heterocycles. The molecule has 1 amide bonds. The number of hydrogen-bond acceptors (Lipinski definition) is 5. The third kappa shape index (κ3) is 6.84. The van der Waals surface area contributed by atoms with Gasteiger partial charge in [0.1, 0.15) is 5.75 Å². The molecular formula is C24H40N6O2. The van der Waals surface area contributed by atoms with Crippen LogP contribution >= 0.6 is 0 Å². The van der Waals surface area contributed by atoms with E-state index in [1.54, 1.807) is 14.0 Å². The summed E-state index contributed by atoms with van der Waals surface area (Å²) < 4.78 is 5.66. The van der Waals surface area contributed by atoms with Gasteiger partial charge >= 0.3 is 0 Å². The van der Waals surface area contributed by atoms with Crippen LogP contribution in [0.25, 0.3) is 0 Å². The molecule has 3 rings (SSSR count). The van der Waals surface area contributed by atoms with Gasteiger partial charge < -0.3 is 20.3 Å². The van der Waals surface area contributed by atoms with Crippen molar-refractivity contribution in [2.45, 2.75) is 32.7 Å². The molecule has 0 bridgehead atoms. The van der Waals surface area contributed by atoms with E-state index in [4.69, 9.17) is 9.73 Å². The number of rotatable bonds is 9. The molecule has 2 N–H and O–H groups in total. The van der Waals surface area contributed by atoms with Crippen molar-refractivity contribution >= 4 is 11.9 Å². The average Bonchev–Trinajstić information content (AvgIpc) is 3.34. The van der Waals surface area contributed by atoms with Gasteiger partial charge in [-0.1, -0.05) is 18.2 Å². The standard InChI is InChI=1S/C24H40N6O2/c1-4-25-24(26-11-14-28-15-17-29(18-16-28)20(2)31)27-19-22(30-12-7-8-13-30)21-9-5-6-10-23(21)32-3/h5-6,9-10,22H,4,7-8,11-19H2,1-3H3,(H2,25,26,27). The van der Waals surface area contributed by atoms with Crippen molar-refractivity contribution in [3.8, 4) is 5.75 Å². The van der Waals surface area contributed by atoms with Crippen molar-refractivity contribution in [2.75, 3.05) is 72.6 Å². The van der Waals surface area contributed by atoms with Crippen LogP contribution in [0.3, 0.4) is 0 Å². The number of carbonyl (C=O) groups excluding carboxylic acids is 1. The number of benzene rings is 1. The molecule has 2 aliphatic rings. The van der Waals surface area contributed by atoms with E-state index in [0.717, 1.165) is 70.6 Å². The van der Waals surface area contributed by atoms with Gasteiger partial charge in [-0.05, 0) is 38.9 Å². The second kappa shape index (κ2) is 12.6. The largest absolute Gasteiger partial charge is 0.496 e. The molecule has 0 saturated carbocycles. The van der Waals surface area contributed by atoms with Crippen LogP contribution in [-0.4, -0.2) is 99.1 Å². The summed E-state index contributed by atoms with van der Waals surface area (Å²) in [6, 6.07) is 8.52. The second-order valence-corrected chi connectivity index (χ2v) is 8.49. The molecule has 1 unspecified atom stereocenters. The summed E-state index contributed by atoms with van der Waals surface area (Å²) in [7, 11) is 1.74. The van der Waals surface area contributed by atoms with E-state index in [0.29, 0.717) is 6.54 Å². The molecule has 32 heavy (non-hydrogen) atoms. The number of likely N-dealkylation sites (tertiary alicyclic amines) is 1. The highest BCUT2D eigenvalue weighted by atomic mass is 16.5. The number of para-hydroxylation sites is 1. The zero-order valence-corrected chi connectivity index (χ0v) is 20.0. The Kier molecular flexibility index (Phi) is 9.62. The first kappa shape index (κ1) is 24.3. The lowest BCUT2D eigenvalue weighted by molar-refractivity contribution is -0.130. The van der Waals surface area contributed by atoms with Crippen LogP contribution in [0, 0.1) is 0 Å². The van der Waals surface area contributed by atoms with Crippen molar-refractivity contribution in [2.24, 2.45) is 4.99 Å². The highest BCUT2D eigenvalue weighted by Crippen LogP contribution is 2.31. The molecule has 0 spiro atoms. The molecular weight excluding hydrogens is 404 g/mol. The summed E-state index contributed by atoms with van der Waals surface area (Å²) in [6.07, 6.45) is 2.48. The molecule has 0 aliphatic carbocycles. The molecule has 1 atom stereocenters. The normalized spacial score (nSPS) is 19.1. The molecule has 2 aliphatic heterocycles. The number of carbonyl (C=O) groups is 1. The van der Waals surface area contributed by atoms with Crippen LogP contribution < -0.4 is 15.4 Å². The predicted octanol–water partition coefficient (Wildman–Crippen LogP) is 1.55. The fourth-order valence-corrected chi connectivity index (χ4v) is 4.54. The molecule has 2 saturated heterocycles. The van der Waals surface area contributed by atoms with Gasteiger partial charge in [-0.15, -0.1) is 0 Å². The van der Waals surface area contributed by atoms with Crippen molar-refractivity contribution < 1.29 is 9.53 Å². The zero-order valence-electron chi connectivity index (χ0n) is 20.0. The zero-order chi connectivity index (χ0) is 22.8. The highest BCUT2D eigenvalue weighted by Gasteiger charge is 2.26. The summed E-state index contributed by atoms with van der Waals surface area (Å²) in [5.41, 5.74) is 1.21. The van der Waals surface area contributed by atoms with Crippen LogP contribution in [0.2, 0.25) is 0 Å². The van der Waals surface area contributed by atoms with Gasteiger partial charge in [-0.25, -0.2) is 0 Å². The van der Waals surface area contributed by atoms with Crippen molar-refractivity contribution in [1.29, 1.82) is 0 Å². The number of guanidine groups is 1. The van der Waals surface area contributed by atoms with Gasteiger partial charge in [0, 0.05) is 58.3 Å². The molecule has 2 heterocycles. The van der Waals surface area contributed by atoms with Crippen molar-refractivity contribution in [3.63, 3.8) is 0 Å². The maximum Gasteiger partial charge on any atom is 0.219 e. The number of nitrogens with zero attached hydrogens (tertiary/aromatic N) is 4. The third-order valence-corrected chi connectivity index (χ3v) is 6.38. The smallest absolute Gasteiger partial charge is 0.219 e. The van der Waals surface area contributed by atoms with Crippen LogP contribution in [0.4, 0.5) is 0 Å². The summed E-state index contributed by atoms with van der Waals surface area (Å²) in [6.45, 7) is 12.7. The fraction of sp³-hybridized carbons (Fsp3) is 0.667. The summed E-state index contributed by atoms with van der Waals surface area (Å²) in [4.78, 5) is 23.3. The van der Waals surface area contributed by atoms with E-state index >= 15 is 0 Å². The third-order valence-electron chi connectivity index (χ3n) is 6.38. The highest BCUT2D eigenvalue weighted by molar-refractivity contribution is 5.79. The molecule has 1 aromatic carbocycles. The Morgan fingerprint density at radius 3 is 2.47 bits per heavy atom. The number of piperazine rings is 1. The Balaban J connectivity index is 1.58. The minimum Gasteiger partial charge on any atom is -0.496 e. The van der Waals surface area contributed by atoms with Crippen LogP contribution in [0.5, 0.6) is 5.75 Å². The van der Waals surface area contributed by atoms with Crippen molar-refractivity contribution in [1.82, 2.24) is 25.3 Å². The first-order chi connectivity index (χ1) is 15.6. The molecule has 178 valence electrons. The average molecular weight is 445 g/mol. The summed E-state index contributed by atoms with van der Waals surface area (Å²) in [5.74, 6) is 1.96. The van der Waals surface area contributed by atoms with Crippen LogP contribution in [0.1, 0.15) is 38.3 Å². The van der Waals surface area contributed by atoms with E-state index in [9.17, 15) is 4.79 Å². The molecule has 1 aromatic rings. The Bertz CT molecular complexity index is 742. The van der Waals surface area contributed by atoms with E-state index in [1.165, 1.54) is 18.4 Å². The number of hydrogen-bond donors (Lipinski definition) is 2. The summed E-state index contributed by atoms with van der Waals surface area (Å²) >= 11 is 0. The maximum atomic E-state index is 11.5. The van der Waals surface area contributed by atoms with Gasteiger partial charge in [-0.2, -0.15) is 0 Å². The van der Waals surface area contributed by atoms with Crippen LogP contribution in [-0.2, 0) is 4.79 Å². The molecule has 0 radical (unpaired) electrons. The van der Waals surface area contributed by atoms with E-state index < -0.39 is 0 Å². The number of nitrogens with one attached hydrogen (secondary N) is 2. The molecule has 2 fully saturated rings. The van der Waals surface area contributed by atoms with Gasteiger partial charge in [0.15, 0.2) is 5.96 Å². The lowest BCUT2D eigenvalue weighted by Gasteiger charge is -2.34. The van der Waals surface area contributed by atoms with Gasteiger partial charge in [0.25, 0.3) is 0 Å². The monoisotopic (exact) mass is 444 g/mol. The Morgan fingerprint density at radius 1 is 1.09 bits per heavy atom. The fourth-order valence-electron chi connectivity index (χ4n) is 4.54. The van der Waals surface area contributed by atoms with Gasteiger partial charge in [0.2, 0.25) is 5.91 Å². The topological polar surface area (TPSA) is 72.4 Å². The minimum absolute atomic E-state index is 0.173. The first-order valence-corrected chi connectivity index (χ1v) is 12.0. The lowest BCUT2D eigenvalue weighted by Crippen LogP contribution is -2.50. The number of ether oxygens (including phenoxy) is 1. The van der Waals surface area contributed by atoms with E-state index in [-0.39, 0.29) is 11.9 Å². The van der Waals surface area contributed by atoms with E-state index in [1.807, 2.05) is 17.0 Å². The SMILES string of the molecule is CCNC(=NCC(c1ccccc1OC)N1CCCC1)NCCN1CCN(C(C)=O)CC1. The van der Waals surface area contributed by atoms with Crippen LogP contribution in [0.15, 0.2) is 29.3 Å². The Morgan fingerprint density at radius 2 is 1.81 bits per heavy atom. The predicted molar refractivity (Wildman–Crippen MR) is 129 cm³/mol. The second-order valence-electron chi connectivity index (χ2n) is 8.49. The maximum absolute atomic E-state index is 11.5. The number of amides is 1. The quantitative estimate of drug-likeness (QED) is 0.445. The minimum atomic E-state index is 0.173. The molecule has 8 heteroatoms. The van der Waals surface area contributed by atoms with Gasteiger partial charge in [-0.3, -0.25) is 19.6 Å². The Hall–Kier alpha value is -2.32. The lowest BCUT2D eigenvalue weighted by atomic mass is 10.0. The Labute approximate surface area is 193 Å². The first-order valence-electron chi connectivity index (χ1n) is 12.0. The number of aliphatic imine (C=N–C) groups is 1. The van der Waals surface area contributed by atoms with Gasteiger partial charge in [0.05, 0.1) is 19.7 Å². The number of methoxy groups -OCH3 is 1. The van der Waals surface area contributed by atoms with Crippen molar-refractivity contribution in [3.05, 3.63) is 29.8 Å². The summed E-state index contributed by atoms with van der Waals surface area (Å²) in [5, 5.41) is 6.88. The molecule has 8 nitrogen and oxygen atoms in total. The van der Waals surface area contributed by atoms with E-state index in [2.05, 4.69) is 39.5 Å².